The molecule has 8 heteroatoms. The number of hydrogen-bond acceptors (Lipinski definition) is 2. The molecule has 0 saturated heterocycles. The number of rotatable bonds is 6. The SMILES string of the molecule is CCCc1c(C(=O)Nc2c(CC)cc(C(F)(F)F)cc2CC)c(=O)c(Br)c2n1CCC2. The largest absolute Gasteiger partial charge is 0.416 e. The van der Waals surface area contributed by atoms with Gasteiger partial charge in [0, 0.05) is 23.6 Å². The second kappa shape index (κ2) is 9.18. The Hall–Kier alpha value is -2.09. The minimum Gasteiger partial charge on any atom is -0.346 e. The molecule has 0 saturated carbocycles. The number of alkyl halides is 3. The average molecular weight is 499 g/mol. The monoisotopic (exact) mass is 498 g/mol. The van der Waals surface area contributed by atoms with Gasteiger partial charge in [0.2, 0.25) is 5.43 Å². The molecule has 0 fully saturated rings. The van der Waals surface area contributed by atoms with E-state index < -0.39 is 17.6 Å². The van der Waals surface area contributed by atoms with Gasteiger partial charge in [-0.2, -0.15) is 13.2 Å². The average Bonchev–Trinajstić information content (AvgIpc) is 3.21. The number of aromatic nitrogens is 1. The molecule has 31 heavy (non-hydrogen) atoms. The Morgan fingerprint density at radius 2 is 1.77 bits per heavy atom. The van der Waals surface area contributed by atoms with Crippen molar-refractivity contribution < 1.29 is 18.0 Å². The van der Waals surface area contributed by atoms with Crippen molar-refractivity contribution in [2.24, 2.45) is 0 Å². The van der Waals surface area contributed by atoms with Crippen molar-refractivity contribution in [1.29, 1.82) is 0 Å². The number of benzene rings is 1. The summed E-state index contributed by atoms with van der Waals surface area (Å²) in [5.41, 5.74) is 1.75. The molecule has 1 aromatic carbocycles. The third kappa shape index (κ3) is 4.45. The van der Waals surface area contributed by atoms with Crippen LogP contribution in [0.1, 0.15) is 72.0 Å². The highest BCUT2D eigenvalue weighted by Crippen LogP contribution is 2.35. The number of hydrogen-bond donors (Lipinski definition) is 1. The van der Waals surface area contributed by atoms with E-state index >= 15 is 0 Å². The van der Waals surface area contributed by atoms with E-state index in [2.05, 4.69) is 21.2 Å². The first kappa shape index (κ1) is 23.6. The van der Waals surface area contributed by atoms with E-state index in [4.69, 9.17) is 0 Å². The first-order valence-electron chi connectivity index (χ1n) is 10.6. The summed E-state index contributed by atoms with van der Waals surface area (Å²) in [7, 11) is 0. The van der Waals surface area contributed by atoms with Crippen LogP contribution in [0.2, 0.25) is 0 Å². The van der Waals surface area contributed by atoms with Crippen molar-refractivity contribution in [3.8, 4) is 0 Å². The van der Waals surface area contributed by atoms with Gasteiger partial charge in [0.25, 0.3) is 5.91 Å². The summed E-state index contributed by atoms with van der Waals surface area (Å²) in [5, 5.41) is 2.79. The molecule has 2 heterocycles. The number of fused-ring (bicyclic) bond motifs is 1. The zero-order valence-electron chi connectivity index (χ0n) is 17.9. The van der Waals surface area contributed by atoms with Crippen LogP contribution in [0, 0.1) is 0 Å². The van der Waals surface area contributed by atoms with Crippen LogP contribution in [-0.2, 0) is 38.4 Å². The molecule has 3 rings (SSSR count). The van der Waals surface area contributed by atoms with Crippen LogP contribution in [0.5, 0.6) is 0 Å². The van der Waals surface area contributed by atoms with Crippen molar-refractivity contribution in [3.05, 3.63) is 60.5 Å². The number of anilines is 1. The van der Waals surface area contributed by atoms with Gasteiger partial charge in [-0.05, 0) is 71.3 Å². The first-order valence-corrected chi connectivity index (χ1v) is 11.4. The predicted octanol–water partition coefficient (Wildman–Crippen LogP) is 5.91. The lowest BCUT2D eigenvalue weighted by molar-refractivity contribution is -0.137. The van der Waals surface area contributed by atoms with Gasteiger partial charge < -0.3 is 9.88 Å². The molecular weight excluding hydrogens is 473 g/mol. The maximum absolute atomic E-state index is 13.3. The molecule has 2 aromatic rings. The fourth-order valence-electron chi connectivity index (χ4n) is 4.26. The highest BCUT2D eigenvalue weighted by molar-refractivity contribution is 9.10. The van der Waals surface area contributed by atoms with E-state index in [1.807, 2.05) is 11.5 Å². The lowest BCUT2D eigenvalue weighted by Gasteiger charge is -2.20. The van der Waals surface area contributed by atoms with Crippen molar-refractivity contribution in [2.45, 2.75) is 72.0 Å². The van der Waals surface area contributed by atoms with Crippen molar-refractivity contribution in [1.82, 2.24) is 4.57 Å². The van der Waals surface area contributed by atoms with Crippen LogP contribution < -0.4 is 10.7 Å². The number of carbonyl (C=O) groups is 1. The molecular formula is C23H26BrF3N2O2. The standard InChI is InChI=1S/C23H26BrF3N2O2/c1-4-8-16-18(21(30)19(24)17-9-7-10-29(16)17)22(31)28-20-13(5-2)11-15(23(25,26)27)12-14(20)6-3/h11-12H,4-10H2,1-3H3,(H,28,31). The molecule has 1 aromatic heterocycles. The van der Waals surface area contributed by atoms with E-state index in [0.717, 1.165) is 43.6 Å². The summed E-state index contributed by atoms with van der Waals surface area (Å²) in [5.74, 6) is -0.569. The predicted molar refractivity (Wildman–Crippen MR) is 119 cm³/mol. The van der Waals surface area contributed by atoms with Gasteiger partial charge in [-0.15, -0.1) is 0 Å². The summed E-state index contributed by atoms with van der Waals surface area (Å²) in [6.45, 7) is 6.21. The Morgan fingerprint density at radius 3 is 2.29 bits per heavy atom. The molecule has 1 N–H and O–H groups in total. The van der Waals surface area contributed by atoms with E-state index in [1.54, 1.807) is 13.8 Å². The van der Waals surface area contributed by atoms with Crippen LogP contribution in [-0.4, -0.2) is 10.5 Å². The summed E-state index contributed by atoms with van der Waals surface area (Å²) in [6.07, 6.45) is -0.809. The summed E-state index contributed by atoms with van der Waals surface area (Å²) in [6, 6.07) is 2.15. The number of carbonyl (C=O) groups excluding carboxylic acids is 1. The summed E-state index contributed by atoms with van der Waals surface area (Å²) < 4.78 is 42.4. The number of halogens is 4. The topological polar surface area (TPSA) is 51.1 Å². The number of nitrogens with zero attached hydrogens (tertiary/aromatic N) is 1. The molecule has 0 radical (unpaired) electrons. The van der Waals surface area contributed by atoms with Gasteiger partial charge in [0.1, 0.15) is 5.56 Å². The lowest BCUT2D eigenvalue weighted by Crippen LogP contribution is -2.29. The third-order valence-electron chi connectivity index (χ3n) is 5.76. The van der Waals surface area contributed by atoms with Crippen LogP contribution >= 0.6 is 15.9 Å². The van der Waals surface area contributed by atoms with E-state index in [9.17, 15) is 22.8 Å². The molecule has 168 valence electrons. The molecule has 0 unspecified atom stereocenters. The summed E-state index contributed by atoms with van der Waals surface area (Å²) >= 11 is 3.37. The van der Waals surface area contributed by atoms with Crippen molar-refractivity contribution in [3.63, 3.8) is 0 Å². The van der Waals surface area contributed by atoms with E-state index in [1.165, 1.54) is 0 Å². The zero-order valence-corrected chi connectivity index (χ0v) is 19.5. The minimum absolute atomic E-state index is 0.0726. The van der Waals surface area contributed by atoms with Crippen LogP contribution in [0.4, 0.5) is 18.9 Å². The third-order valence-corrected chi connectivity index (χ3v) is 6.58. The molecule has 0 atom stereocenters. The molecule has 0 aliphatic carbocycles. The number of amides is 1. The van der Waals surface area contributed by atoms with Gasteiger partial charge in [0.15, 0.2) is 0 Å². The van der Waals surface area contributed by atoms with Crippen molar-refractivity contribution in [2.75, 3.05) is 5.32 Å². The Labute approximate surface area is 188 Å². The van der Waals surface area contributed by atoms with E-state index in [-0.39, 0.29) is 11.0 Å². The molecule has 1 amide bonds. The van der Waals surface area contributed by atoms with Gasteiger partial charge in [0.05, 0.1) is 10.0 Å². The van der Waals surface area contributed by atoms with Gasteiger partial charge in [-0.25, -0.2) is 0 Å². The second-order valence-electron chi connectivity index (χ2n) is 7.75. The smallest absolute Gasteiger partial charge is 0.346 e. The Morgan fingerprint density at radius 1 is 1.16 bits per heavy atom. The van der Waals surface area contributed by atoms with E-state index in [0.29, 0.717) is 46.2 Å². The second-order valence-corrected chi connectivity index (χ2v) is 8.54. The summed E-state index contributed by atoms with van der Waals surface area (Å²) in [4.78, 5) is 26.4. The number of nitrogens with one attached hydrogen (secondary N) is 1. The highest BCUT2D eigenvalue weighted by atomic mass is 79.9. The lowest BCUT2D eigenvalue weighted by atomic mass is 9.98. The Bertz CT molecular complexity index is 1050. The fraction of sp³-hybridized carbons (Fsp3) is 0.478. The molecule has 1 aliphatic heterocycles. The van der Waals surface area contributed by atoms with Gasteiger partial charge >= 0.3 is 6.18 Å². The molecule has 0 spiro atoms. The van der Waals surface area contributed by atoms with Crippen LogP contribution in [0.15, 0.2) is 21.4 Å². The van der Waals surface area contributed by atoms with Gasteiger partial charge in [-0.1, -0.05) is 27.2 Å². The van der Waals surface area contributed by atoms with Gasteiger partial charge in [-0.3, -0.25) is 9.59 Å². The Balaban J connectivity index is 2.13. The quantitative estimate of drug-likeness (QED) is 0.538. The minimum atomic E-state index is -4.46. The first-order chi connectivity index (χ1) is 14.6. The number of pyridine rings is 1. The molecule has 1 aliphatic rings. The fourth-order valence-corrected chi connectivity index (χ4v) is 4.87. The number of aryl methyl sites for hydroxylation is 2. The molecule has 4 nitrogen and oxygen atoms in total. The highest BCUT2D eigenvalue weighted by Gasteiger charge is 2.33. The maximum atomic E-state index is 13.3. The van der Waals surface area contributed by atoms with Crippen LogP contribution in [0.25, 0.3) is 0 Å². The maximum Gasteiger partial charge on any atom is 0.416 e. The molecule has 0 bridgehead atoms. The normalized spacial score (nSPS) is 13.4. The van der Waals surface area contributed by atoms with Crippen molar-refractivity contribution >= 4 is 27.5 Å². The zero-order chi connectivity index (χ0) is 22.9. The Kier molecular flexibility index (Phi) is 6.98. The van der Waals surface area contributed by atoms with Crippen LogP contribution in [0.3, 0.4) is 0 Å².